The highest BCUT2D eigenvalue weighted by Crippen LogP contribution is 2.35. The van der Waals surface area contributed by atoms with E-state index in [9.17, 15) is 23.3 Å². The fourth-order valence-corrected chi connectivity index (χ4v) is 1.52. The fourth-order valence-electron chi connectivity index (χ4n) is 1.52. The number of alkyl halides is 3. The van der Waals surface area contributed by atoms with Crippen molar-refractivity contribution < 1.29 is 18.1 Å². The first-order valence-electron chi connectivity index (χ1n) is 6.22. The standard InChI is InChI=1S/C13H17F3N2O2/c1-8(2)9(3)7-17-11-5-4-10(13(14,15)16)6-12(11)18(19)20/h4-6,8-9,17H,7H2,1-3H3. The third-order valence-corrected chi connectivity index (χ3v) is 3.27. The van der Waals surface area contributed by atoms with Gasteiger partial charge in [-0.1, -0.05) is 20.8 Å². The van der Waals surface area contributed by atoms with Gasteiger partial charge in [0.05, 0.1) is 10.5 Å². The molecule has 0 aliphatic rings. The van der Waals surface area contributed by atoms with Gasteiger partial charge in [-0.3, -0.25) is 10.1 Å². The van der Waals surface area contributed by atoms with E-state index in [1.165, 1.54) is 0 Å². The number of nitrogens with zero attached hydrogens (tertiary/aromatic N) is 1. The molecule has 1 N–H and O–H groups in total. The van der Waals surface area contributed by atoms with Crippen molar-refractivity contribution in [2.45, 2.75) is 26.9 Å². The van der Waals surface area contributed by atoms with Crippen molar-refractivity contribution in [3.63, 3.8) is 0 Å². The van der Waals surface area contributed by atoms with Crippen LogP contribution in [0.3, 0.4) is 0 Å². The molecule has 7 heteroatoms. The molecule has 0 saturated heterocycles. The Bertz CT molecular complexity index is 487. The Morgan fingerprint density at radius 1 is 1.30 bits per heavy atom. The van der Waals surface area contributed by atoms with Crippen LogP contribution in [0.1, 0.15) is 26.3 Å². The Balaban J connectivity index is 3.00. The predicted molar refractivity (Wildman–Crippen MR) is 70.6 cm³/mol. The number of hydrogen-bond donors (Lipinski definition) is 1. The summed E-state index contributed by atoms with van der Waals surface area (Å²) in [6.45, 7) is 6.44. The lowest BCUT2D eigenvalue weighted by Crippen LogP contribution is -2.17. The molecule has 0 aromatic heterocycles. The van der Waals surface area contributed by atoms with E-state index in [-0.39, 0.29) is 11.6 Å². The highest BCUT2D eigenvalue weighted by atomic mass is 19.4. The van der Waals surface area contributed by atoms with E-state index in [1.54, 1.807) is 0 Å². The van der Waals surface area contributed by atoms with E-state index in [4.69, 9.17) is 0 Å². The molecule has 0 heterocycles. The van der Waals surface area contributed by atoms with E-state index in [0.717, 1.165) is 12.1 Å². The zero-order valence-electron chi connectivity index (χ0n) is 11.5. The SMILES string of the molecule is CC(C)C(C)CNc1ccc(C(F)(F)F)cc1[N+](=O)[O-]. The molecule has 0 radical (unpaired) electrons. The maximum absolute atomic E-state index is 12.5. The van der Waals surface area contributed by atoms with Crippen LogP contribution in [0, 0.1) is 22.0 Å². The largest absolute Gasteiger partial charge is 0.416 e. The second-order valence-corrected chi connectivity index (χ2v) is 5.09. The van der Waals surface area contributed by atoms with Gasteiger partial charge in [0.2, 0.25) is 0 Å². The van der Waals surface area contributed by atoms with Crippen LogP contribution in [0.25, 0.3) is 0 Å². The van der Waals surface area contributed by atoms with E-state index in [2.05, 4.69) is 5.32 Å². The minimum absolute atomic E-state index is 0.107. The van der Waals surface area contributed by atoms with Gasteiger partial charge in [-0.25, -0.2) is 0 Å². The summed E-state index contributed by atoms with van der Waals surface area (Å²) in [5, 5.41) is 13.7. The summed E-state index contributed by atoms with van der Waals surface area (Å²) in [7, 11) is 0. The number of nitro groups is 1. The minimum Gasteiger partial charge on any atom is -0.379 e. The number of nitro benzene ring substituents is 1. The second kappa shape index (κ2) is 6.11. The summed E-state index contributed by atoms with van der Waals surface area (Å²) in [4.78, 5) is 10.1. The van der Waals surface area contributed by atoms with Crippen LogP contribution in [0.15, 0.2) is 18.2 Å². The van der Waals surface area contributed by atoms with Crippen LogP contribution >= 0.6 is 0 Å². The molecule has 0 aliphatic carbocycles. The molecule has 0 spiro atoms. The zero-order valence-corrected chi connectivity index (χ0v) is 11.5. The van der Waals surface area contributed by atoms with Gasteiger partial charge in [0, 0.05) is 12.6 Å². The quantitative estimate of drug-likeness (QED) is 0.649. The molecule has 0 saturated carbocycles. The summed E-state index contributed by atoms with van der Waals surface area (Å²) in [5.74, 6) is 0.618. The zero-order chi connectivity index (χ0) is 15.5. The summed E-state index contributed by atoms with van der Waals surface area (Å²) < 4.78 is 37.6. The van der Waals surface area contributed by atoms with Crippen LogP contribution < -0.4 is 5.32 Å². The lowest BCUT2D eigenvalue weighted by molar-refractivity contribution is -0.384. The molecule has 1 atom stereocenters. The molecular weight excluding hydrogens is 273 g/mol. The Labute approximate surface area is 115 Å². The highest BCUT2D eigenvalue weighted by Gasteiger charge is 2.33. The Hall–Kier alpha value is -1.79. The predicted octanol–water partition coefficient (Wildman–Crippen LogP) is 4.32. The molecule has 0 amide bonds. The number of nitrogens with one attached hydrogen (secondary N) is 1. The minimum atomic E-state index is -4.59. The first-order chi connectivity index (χ1) is 9.12. The maximum atomic E-state index is 12.5. The van der Waals surface area contributed by atoms with Crippen molar-refractivity contribution in [1.82, 2.24) is 0 Å². The number of hydrogen-bond acceptors (Lipinski definition) is 3. The molecule has 112 valence electrons. The first kappa shape index (κ1) is 16.3. The van der Waals surface area contributed by atoms with Gasteiger partial charge in [-0.2, -0.15) is 13.2 Å². The van der Waals surface area contributed by atoms with Gasteiger partial charge in [0.15, 0.2) is 0 Å². The van der Waals surface area contributed by atoms with Crippen molar-refractivity contribution in [2.24, 2.45) is 11.8 Å². The Morgan fingerprint density at radius 3 is 2.35 bits per heavy atom. The maximum Gasteiger partial charge on any atom is 0.416 e. The normalized spacial score (nSPS) is 13.3. The summed E-state index contributed by atoms with van der Waals surface area (Å²) in [6, 6.07) is 2.51. The van der Waals surface area contributed by atoms with Crippen LogP contribution in [0.2, 0.25) is 0 Å². The molecular formula is C13H17F3N2O2. The molecule has 0 bridgehead atoms. The molecule has 1 rings (SSSR count). The van der Waals surface area contributed by atoms with E-state index >= 15 is 0 Å². The number of halogens is 3. The third-order valence-electron chi connectivity index (χ3n) is 3.27. The highest BCUT2D eigenvalue weighted by molar-refractivity contribution is 5.62. The average Bonchev–Trinajstić information content (AvgIpc) is 2.34. The Morgan fingerprint density at radius 2 is 1.90 bits per heavy atom. The topological polar surface area (TPSA) is 55.2 Å². The Kier molecular flexibility index (Phi) is 4.97. The number of benzene rings is 1. The summed E-state index contributed by atoms with van der Waals surface area (Å²) >= 11 is 0. The molecule has 4 nitrogen and oxygen atoms in total. The first-order valence-corrected chi connectivity index (χ1v) is 6.22. The molecule has 1 aromatic carbocycles. The average molecular weight is 290 g/mol. The smallest absolute Gasteiger partial charge is 0.379 e. The van der Waals surface area contributed by atoms with E-state index < -0.39 is 22.4 Å². The van der Waals surface area contributed by atoms with Gasteiger partial charge < -0.3 is 5.32 Å². The van der Waals surface area contributed by atoms with Crippen molar-refractivity contribution in [1.29, 1.82) is 0 Å². The molecule has 0 aliphatic heterocycles. The molecule has 20 heavy (non-hydrogen) atoms. The van der Waals surface area contributed by atoms with Gasteiger partial charge in [0.1, 0.15) is 5.69 Å². The van der Waals surface area contributed by atoms with Crippen molar-refractivity contribution >= 4 is 11.4 Å². The van der Waals surface area contributed by atoms with Crippen LogP contribution in [-0.4, -0.2) is 11.5 Å². The van der Waals surface area contributed by atoms with Crippen LogP contribution in [0.4, 0.5) is 24.5 Å². The van der Waals surface area contributed by atoms with Gasteiger partial charge >= 0.3 is 6.18 Å². The van der Waals surface area contributed by atoms with Gasteiger partial charge in [-0.15, -0.1) is 0 Å². The lowest BCUT2D eigenvalue weighted by Gasteiger charge is -2.17. The second-order valence-electron chi connectivity index (χ2n) is 5.09. The molecule has 1 unspecified atom stereocenters. The van der Waals surface area contributed by atoms with Gasteiger partial charge in [-0.05, 0) is 24.0 Å². The van der Waals surface area contributed by atoms with Crippen molar-refractivity contribution in [2.75, 3.05) is 11.9 Å². The molecule has 1 aromatic rings. The van der Waals surface area contributed by atoms with E-state index in [1.807, 2.05) is 20.8 Å². The third kappa shape index (κ3) is 4.11. The van der Waals surface area contributed by atoms with Gasteiger partial charge in [0.25, 0.3) is 5.69 Å². The van der Waals surface area contributed by atoms with Crippen molar-refractivity contribution in [3.05, 3.63) is 33.9 Å². The summed E-state index contributed by atoms with van der Waals surface area (Å²) in [6.07, 6.45) is -4.59. The lowest BCUT2D eigenvalue weighted by atomic mass is 9.98. The fraction of sp³-hybridized carbons (Fsp3) is 0.538. The molecule has 0 fully saturated rings. The summed E-state index contributed by atoms with van der Waals surface area (Å²) in [5.41, 5.74) is -1.47. The van der Waals surface area contributed by atoms with Crippen LogP contribution in [-0.2, 0) is 6.18 Å². The van der Waals surface area contributed by atoms with Crippen LogP contribution in [0.5, 0.6) is 0 Å². The monoisotopic (exact) mass is 290 g/mol. The van der Waals surface area contributed by atoms with E-state index in [0.29, 0.717) is 18.5 Å². The number of anilines is 1. The number of rotatable bonds is 5. The van der Waals surface area contributed by atoms with Crippen molar-refractivity contribution in [3.8, 4) is 0 Å².